The molecule has 1 aromatic heterocycles. The SMILES string of the molecule is COc1ccc2sc3c(c2c1)C(N1CCN(C)CC1)=Nc1ccc(F)cc1N3. The van der Waals surface area contributed by atoms with Crippen LogP contribution in [-0.2, 0) is 0 Å². The molecule has 0 saturated carbocycles. The van der Waals surface area contributed by atoms with Crippen molar-refractivity contribution < 1.29 is 9.13 Å². The van der Waals surface area contributed by atoms with Crippen LogP contribution in [0.25, 0.3) is 10.1 Å². The van der Waals surface area contributed by atoms with Crippen LogP contribution in [0, 0.1) is 5.82 Å². The summed E-state index contributed by atoms with van der Waals surface area (Å²) in [6.45, 7) is 3.80. The van der Waals surface area contributed by atoms with Crippen molar-refractivity contribution >= 4 is 43.6 Å². The van der Waals surface area contributed by atoms with E-state index in [1.165, 1.54) is 12.1 Å². The van der Waals surface area contributed by atoms with Crippen molar-refractivity contribution in [2.75, 3.05) is 45.7 Å². The second-order valence-electron chi connectivity index (χ2n) is 7.18. The lowest BCUT2D eigenvalue weighted by Gasteiger charge is -2.34. The van der Waals surface area contributed by atoms with E-state index in [1.54, 1.807) is 24.5 Å². The molecule has 1 saturated heterocycles. The predicted molar refractivity (Wildman–Crippen MR) is 113 cm³/mol. The Bertz CT molecular complexity index is 1090. The summed E-state index contributed by atoms with van der Waals surface area (Å²) >= 11 is 1.66. The molecule has 3 aromatic rings. The van der Waals surface area contributed by atoms with E-state index in [0.29, 0.717) is 5.69 Å². The van der Waals surface area contributed by atoms with Gasteiger partial charge in [-0.25, -0.2) is 9.38 Å². The van der Waals surface area contributed by atoms with Crippen LogP contribution in [0.5, 0.6) is 5.75 Å². The van der Waals surface area contributed by atoms with E-state index < -0.39 is 0 Å². The van der Waals surface area contributed by atoms with Gasteiger partial charge in [0.05, 0.1) is 24.0 Å². The van der Waals surface area contributed by atoms with Crippen LogP contribution in [0.2, 0.25) is 0 Å². The third-order valence-corrected chi connectivity index (χ3v) is 6.44. The number of amidine groups is 1. The minimum Gasteiger partial charge on any atom is -0.497 e. The van der Waals surface area contributed by atoms with Crippen LogP contribution in [-0.4, -0.2) is 56.0 Å². The zero-order chi connectivity index (χ0) is 19.3. The highest BCUT2D eigenvalue weighted by Crippen LogP contribution is 2.44. The molecule has 0 unspecified atom stereocenters. The molecular weight excluding hydrogens is 375 g/mol. The Morgan fingerprint density at radius 1 is 1.11 bits per heavy atom. The molecule has 3 heterocycles. The molecule has 0 atom stereocenters. The minimum absolute atomic E-state index is 0.270. The molecule has 0 radical (unpaired) electrons. The second-order valence-corrected chi connectivity index (χ2v) is 8.23. The maximum absolute atomic E-state index is 13.9. The van der Waals surface area contributed by atoms with Crippen molar-refractivity contribution in [3.8, 4) is 5.75 Å². The summed E-state index contributed by atoms with van der Waals surface area (Å²) in [5.74, 6) is 1.49. The fraction of sp³-hybridized carbons (Fsp3) is 0.286. The van der Waals surface area contributed by atoms with Gasteiger partial charge in [-0.1, -0.05) is 0 Å². The Hall–Kier alpha value is -2.64. The van der Waals surface area contributed by atoms with Gasteiger partial charge in [0.2, 0.25) is 0 Å². The summed E-state index contributed by atoms with van der Waals surface area (Å²) in [4.78, 5) is 9.67. The third kappa shape index (κ3) is 2.91. The van der Waals surface area contributed by atoms with Crippen molar-refractivity contribution in [2.24, 2.45) is 4.99 Å². The van der Waals surface area contributed by atoms with E-state index in [0.717, 1.165) is 64.1 Å². The van der Waals surface area contributed by atoms with Gasteiger partial charge in [-0.15, -0.1) is 11.3 Å². The average molecular weight is 396 g/mol. The minimum atomic E-state index is -0.270. The smallest absolute Gasteiger partial charge is 0.140 e. The molecule has 1 fully saturated rings. The van der Waals surface area contributed by atoms with Crippen LogP contribution >= 0.6 is 11.3 Å². The molecule has 0 bridgehead atoms. The maximum atomic E-state index is 13.9. The fourth-order valence-corrected chi connectivity index (χ4v) is 4.85. The fourth-order valence-electron chi connectivity index (χ4n) is 3.76. The van der Waals surface area contributed by atoms with Crippen LogP contribution in [0.4, 0.5) is 20.8 Å². The van der Waals surface area contributed by atoms with Crippen LogP contribution < -0.4 is 10.1 Å². The van der Waals surface area contributed by atoms with Crippen molar-refractivity contribution in [3.63, 3.8) is 0 Å². The average Bonchev–Trinajstić information content (AvgIpc) is 2.96. The van der Waals surface area contributed by atoms with Crippen LogP contribution in [0.3, 0.4) is 0 Å². The van der Waals surface area contributed by atoms with Gasteiger partial charge in [-0.05, 0) is 43.4 Å². The number of rotatable bonds is 1. The van der Waals surface area contributed by atoms with Gasteiger partial charge in [-0.2, -0.15) is 0 Å². The Morgan fingerprint density at radius 2 is 1.93 bits per heavy atom. The molecule has 0 spiro atoms. The van der Waals surface area contributed by atoms with E-state index in [-0.39, 0.29) is 5.82 Å². The Kier molecular flexibility index (Phi) is 4.21. The number of hydrogen-bond donors (Lipinski definition) is 1. The predicted octanol–water partition coefficient (Wildman–Crippen LogP) is 4.43. The number of nitrogens with zero attached hydrogens (tertiary/aromatic N) is 3. The first-order valence-electron chi connectivity index (χ1n) is 9.32. The quantitative estimate of drug-likeness (QED) is 0.661. The normalized spacial score (nSPS) is 16.8. The molecule has 5 rings (SSSR count). The lowest BCUT2D eigenvalue weighted by Crippen LogP contribution is -2.47. The van der Waals surface area contributed by atoms with Gasteiger partial charge in [0, 0.05) is 36.3 Å². The summed E-state index contributed by atoms with van der Waals surface area (Å²) in [6, 6.07) is 10.8. The van der Waals surface area contributed by atoms with Gasteiger partial charge in [0.1, 0.15) is 22.4 Å². The standard InChI is InChI=1S/C21H21FN4OS/c1-25-7-9-26(10-8-25)20-19-15-12-14(27-2)4-6-18(15)28-21(19)24-17-11-13(22)3-5-16(17)23-20/h3-6,11-12,24H,7-10H2,1-2H3. The molecule has 144 valence electrons. The summed E-state index contributed by atoms with van der Waals surface area (Å²) in [5, 5.41) is 5.53. The summed E-state index contributed by atoms with van der Waals surface area (Å²) in [5.41, 5.74) is 2.53. The Morgan fingerprint density at radius 3 is 2.71 bits per heavy atom. The lowest BCUT2D eigenvalue weighted by atomic mass is 10.1. The van der Waals surface area contributed by atoms with Gasteiger partial charge < -0.3 is 19.9 Å². The van der Waals surface area contributed by atoms with E-state index >= 15 is 0 Å². The van der Waals surface area contributed by atoms with E-state index in [1.807, 2.05) is 6.07 Å². The molecule has 5 nitrogen and oxygen atoms in total. The first-order chi connectivity index (χ1) is 13.6. The molecule has 0 amide bonds. The molecule has 7 heteroatoms. The highest BCUT2D eigenvalue weighted by atomic mass is 32.1. The Balaban J connectivity index is 1.73. The Labute approximate surface area is 167 Å². The molecular formula is C21H21FN4OS. The molecule has 2 aliphatic heterocycles. The molecule has 2 aliphatic rings. The van der Waals surface area contributed by atoms with Crippen LogP contribution in [0.1, 0.15) is 5.56 Å². The van der Waals surface area contributed by atoms with Gasteiger partial charge in [-0.3, -0.25) is 0 Å². The molecule has 1 N–H and O–H groups in total. The number of piperazine rings is 1. The number of halogens is 1. The number of anilines is 2. The summed E-state index contributed by atoms with van der Waals surface area (Å²) in [6.07, 6.45) is 0. The van der Waals surface area contributed by atoms with E-state index in [2.05, 4.69) is 34.3 Å². The number of benzene rings is 2. The van der Waals surface area contributed by atoms with Crippen molar-refractivity contribution in [2.45, 2.75) is 0 Å². The largest absolute Gasteiger partial charge is 0.497 e. The number of aliphatic imine (C=N–C) groups is 1. The maximum Gasteiger partial charge on any atom is 0.140 e. The van der Waals surface area contributed by atoms with Crippen molar-refractivity contribution in [3.05, 3.63) is 47.8 Å². The number of hydrogen-bond acceptors (Lipinski definition) is 6. The molecule has 28 heavy (non-hydrogen) atoms. The third-order valence-electron chi connectivity index (χ3n) is 5.35. The zero-order valence-corrected chi connectivity index (χ0v) is 16.6. The number of thiophene rings is 1. The highest BCUT2D eigenvalue weighted by Gasteiger charge is 2.28. The van der Waals surface area contributed by atoms with Gasteiger partial charge in [0.25, 0.3) is 0 Å². The molecule has 2 aromatic carbocycles. The number of ether oxygens (including phenoxy) is 1. The second kappa shape index (κ2) is 6.76. The van der Waals surface area contributed by atoms with Crippen LogP contribution in [0.15, 0.2) is 41.4 Å². The van der Waals surface area contributed by atoms with Gasteiger partial charge >= 0.3 is 0 Å². The zero-order valence-electron chi connectivity index (χ0n) is 15.8. The highest BCUT2D eigenvalue weighted by molar-refractivity contribution is 7.23. The first kappa shape index (κ1) is 17.5. The number of likely N-dealkylation sites (N-methyl/N-ethyl adjacent to an activating group) is 1. The lowest BCUT2D eigenvalue weighted by molar-refractivity contribution is 0.216. The topological polar surface area (TPSA) is 40.1 Å². The first-order valence-corrected chi connectivity index (χ1v) is 10.1. The van der Waals surface area contributed by atoms with Gasteiger partial charge in [0.15, 0.2) is 0 Å². The number of fused-ring (bicyclic) bond motifs is 4. The van der Waals surface area contributed by atoms with Crippen molar-refractivity contribution in [1.82, 2.24) is 9.80 Å². The molecule has 0 aliphatic carbocycles. The number of methoxy groups -OCH3 is 1. The number of nitrogens with one attached hydrogen (secondary N) is 1. The van der Waals surface area contributed by atoms with Crippen molar-refractivity contribution in [1.29, 1.82) is 0 Å². The van der Waals surface area contributed by atoms with E-state index in [4.69, 9.17) is 9.73 Å². The monoisotopic (exact) mass is 396 g/mol. The summed E-state index contributed by atoms with van der Waals surface area (Å²) in [7, 11) is 3.82. The van der Waals surface area contributed by atoms with E-state index in [9.17, 15) is 4.39 Å². The summed E-state index contributed by atoms with van der Waals surface area (Å²) < 4.78 is 20.5.